The molecule has 1 heterocycles. The molecule has 1 aliphatic heterocycles. The normalized spacial score (nSPS) is 27.8. The summed E-state index contributed by atoms with van der Waals surface area (Å²) in [6.45, 7) is 5.24. The van der Waals surface area contributed by atoms with Crippen molar-refractivity contribution in [1.29, 1.82) is 0 Å². The van der Waals surface area contributed by atoms with Crippen LogP contribution in [0.2, 0.25) is 0 Å². The van der Waals surface area contributed by atoms with Gasteiger partial charge in [0.05, 0.1) is 0 Å². The number of amides is 2. The quantitative estimate of drug-likeness (QED) is 0.572. The first-order chi connectivity index (χ1) is 5.47. The van der Waals surface area contributed by atoms with Gasteiger partial charge in [-0.05, 0) is 20.3 Å². The summed E-state index contributed by atoms with van der Waals surface area (Å²) in [7, 11) is 0. The van der Waals surface area contributed by atoms with E-state index in [4.69, 9.17) is 0 Å². The fraction of sp³-hybridized carbons (Fsp3) is 0.750. The molecule has 0 saturated carbocycles. The van der Waals surface area contributed by atoms with Crippen molar-refractivity contribution >= 4 is 11.8 Å². The molecule has 12 heavy (non-hydrogen) atoms. The second kappa shape index (κ2) is 2.77. The maximum Gasteiger partial charge on any atom is 0.245 e. The molecule has 0 aromatic heterocycles. The predicted molar refractivity (Wildman–Crippen MR) is 44.4 cm³/mol. The van der Waals surface area contributed by atoms with E-state index in [1.54, 1.807) is 13.8 Å². The minimum absolute atomic E-state index is 0.0953. The molecule has 0 aliphatic carbocycles. The van der Waals surface area contributed by atoms with E-state index in [1.807, 2.05) is 6.92 Å². The standard InChI is InChI=1S/C8H14N2O2/c1-4-5-6(11)10-8(2,3)7(12)9-5/h5H,4H2,1-3H3,(H,9,12)(H,10,11). The van der Waals surface area contributed by atoms with Gasteiger partial charge in [0.1, 0.15) is 11.6 Å². The summed E-state index contributed by atoms with van der Waals surface area (Å²) < 4.78 is 0. The van der Waals surface area contributed by atoms with E-state index in [0.717, 1.165) is 0 Å². The molecule has 4 nitrogen and oxygen atoms in total. The highest BCUT2D eigenvalue weighted by Gasteiger charge is 2.38. The van der Waals surface area contributed by atoms with Crippen molar-refractivity contribution < 1.29 is 9.59 Å². The third-order valence-electron chi connectivity index (χ3n) is 2.03. The minimum atomic E-state index is -0.761. The van der Waals surface area contributed by atoms with Gasteiger partial charge in [0.25, 0.3) is 0 Å². The summed E-state index contributed by atoms with van der Waals surface area (Å²) >= 11 is 0. The molecule has 68 valence electrons. The van der Waals surface area contributed by atoms with Gasteiger partial charge in [-0.15, -0.1) is 0 Å². The molecule has 2 N–H and O–H groups in total. The fourth-order valence-electron chi connectivity index (χ4n) is 1.14. The van der Waals surface area contributed by atoms with E-state index >= 15 is 0 Å². The Balaban J connectivity index is 2.76. The van der Waals surface area contributed by atoms with Gasteiger partial charge in [-0.3, -0.25) is 9.59 Å². The van der Waals surface area contributed by atoms with Gasteiger partial charge in [0, 0.05) is 0 Å². The van der Waals surface area contributed by atoms with Crippen LogP contribution in [0.15, 0.2) is 0 Å². The van der Waals surface area contributed by atoms with Gasteiger partial charge < -0.3 is 10.6 Å². The molecule has 0 radical (unpaired) electrons. The Morgan fingerprint density at radius 3 is 2.50 bits per heavy atom. The smallest absolute Gasteiger partial charge is 0.245 e. The van der Waals surface area contributed by atoms with Crippen molar-refractivity contribution in [1.82, 2.24) is 10.6 Å². The lowest BCUT2D eigenvalue weighted by atomic mass is 9.98. The lowest BCUT2D eigenvalue weighted by molar-refractivity contribution is -0.140. The SMILES string of the molecule is CCC1NC(=O)C(C)(C)NC1=O. The first-order valence-electron chi connectivity index (χ1n) is 4.10. The van der Waals surface area contributed by atoms with Gasteiger partial charge in [-0.1, -0.05) is 6.92 Å². The van der Waals surface area contributed by atoms with Crippen molar-refractivity contribution in [2.45, 2.75) is 38.8 Å². The van der Waals surface area contributed by atoms with Crippen LogP contribution < -0.4 is 10.6 Å². The molecule has 0 bridgehead atoms. The van der Waals surface area contributed by atoms with Gasteiger partial charge >= 0.3 is 0 Å². The average molecular weight is 170 g/mol. The Kier molecular flexibility index (Phi) is 2.08. The molecule has 1 fully saturated rings. The molecular formula is C8H14N2O2. The van der Waals surface area contributed by atoms with E-state index in [-0.39, 0.29) is 17.9 Å². The van der Waals surface area contributed by atoms with Crippen molar-refractivity contribution in [3.05, 3.63) is 0 Å². The Bertz CT molecular complexity index is 223. The molecule has 1 rings (SSSR count). The third-order valence-corrected chi connectivity index (χ3v) is 2.03. The van der Waals surface area contributed by atoms with Gasteiger partial charge in [-0.25, -0.2) is 0 Å². The summed E-state index contributed by atoms with van der Waals surface area (Å²) in [5, 5.41) is 5.31. The van der Waals surface area contributed by atoms with Gasteiger partial charge in [0.15, 0.2) is 0 Å². The van der Waals surface area contributed by atoms with Crippen molar-refractivity contribution in [3.8, 4) is 0 Å². The fourth-order valence-corrected chi connectivity index (χ4v) is 1.14. The highest BCUT2D eigenvalue weighted by Crippen LogP contribution is 2.09. The summed E-state index contributed by atoms with van der Waals surface area (Å²) in [4.78, 5) is 22.6. The molecule has 1 unspecified atom stereocenters. The van der Waals surface area contributed by atoms with Gasteiger partial charge in [0.2, 0.25) is 11.8 Å². The zero-order valence-corrected chi connectivity index (χ0v) is 7.60. The summed E-state index contributed by atoms with van der Waals surface area (Å²) in [5.74, 6) is -0.212. The largest absolute Gasteiger partial charge is 0.342 e. The van der Waals surface area contributed by atoms with Crippen LogP contribution in [0.25, 0.3) is 0 Å². The van der Waals surface area contributed by atoms with Crippen LogP contribution in [-0.4, -0.2) is 23.4 Å². The Morgan fingerprint density at radius 1 is 1.42 bits per heavy atom. The first kappa shape index (κ1) is 9.03. The zero-order valence-electron chi connectivity index (χ0n) is 7.60. The van der Waals surface area contributed by atoms with Crippen LogP contribution in [0, 0.1) is 0 Å². The number of carbonyl (C=O) groups is 2. The molecule has 4 heteroatoms. The minimum Gasteiger partial charge on any atom is -0.342 e. The molecular weight excluding hydrogens is 156 g/mol. The molecule has 1 aliphatic rings. The van der Waals surface area contributed by atoms with Crippen LogP contribution in [0.4, 0.5) is 0 Å². The van der Waals surface area contributed by atoms with Crippen molar-refractivity contribution in [2.24, 2.45) is 0 Å². The van der Waals surface area contributed by atoms with Gasteiger partial charge in [-0.2, -0.15) is 0 Å². The summed E-state index contributed by atoms with van der Waals surface area (Å²) in [5.41, 5.74) is -0.761. The van der Waals surface area contributed by atoms with Crippen LogP contribution in [0.1, 0.15) is 27.2 Å². The second-order valence-corrected chi connectivity index (χ2v) is 3.55. The lowest BCUT2D eigenvalue weighted by Crippen LogP contribution is -2.66. The maximum absolute atomic E-state index is 11.3. The monoisotopic (exact) mass is 170 g/mol. The number of piperazine rings is 1. The van der Waals surface area contributed by atoms with Crippen LogP contribution in [-0.2, 0) is 9.59 Å². The number of nitrogens with one attached hydrogen (secondary N) is 2. The number of hydrogen-bond acceptors (Lipinski definition) is 2. The molecule has 1 atom stereocenters. The maximum atomic E-state index is 11.3. The predicted octanol–water partition coefficient (Wildman–Crippen LogP) is -0.210. The van der Waals surface area contributed by atoms with E-state index in [9.17, 15) is 9.59 Å². The van der Waals surface area contributed by atoms with Crippen LogP contribution >= 0.6 is 0 Å². The van der Waals surface area contributed by atoms with Crippen molar-refractivity contribution in [3.63, 3.8) is 0 Å². The Hall–Kier alpha value is -1.06. The molecule has 0 spiro atoms. The van der Waals surface area contributed by atoms with Crippen molar-refractivity contribution in [2.75, 3.05) is 0 Å². The highest BCUT2D eigenvalue weighted by atomic mass is 16.2. The Morgan fingerprint density at radius 2 is 2.00 bits per heavy atom. The average Bonchev–Trinajstić information content (AvgIpc) is 1.96. The number of carbonyl (C=O) groups excluding carboxylic acids is 2. The molecule has 1 saturated heterocycles. The second-order valence-electron chi connectivity index (χ2n) is 3.55. The molecule has 0 aromatic rings. The van der Waals surface area contributed by atoms with E-state index in [1.165, 1.54) is 0 Å². The number of hydrogen-bond donors (Lipinski definition) is 2. The Labute approximate surface area is 71.7 Å². The third kappa shape index (κ3) is 1.42. The summed E-state index contributed by atoms with van der Waals surface area (Å²) in [6, 6.07) is -0.356. The zero-order chi connectivity index (χ0) is 9.35. The van der Waals surface area contributed by atoms with Crippen LogP contribution in [0.5, 0.6) is 0 Å². The van der Waals surface area contributed by atoms with E-state index in [0.29, 0.717) is 6.42 Å². The van der Waals surface area contributed by atoms with Crippen LogP contribution in [0.3, 0.4) is 0 Å². The first-order valence-corrected chi connectivity index (χ1v) is 4.10. The lowest BCUT2D eigenvalue weighted by Gasteiger charge is -2.34. The molecule has 0 aromatic carbocycles. The van der Waals surface area contributed by atoms with E-state index < -0.39 is 5.54 Å². The number of rotatable bonds is 1. The topological polar surface area (TPSA) is 58.2 Å². The van der Waals surface area contributed by atoms with E-state index in [2.05, 4.69) is 10.6 Å². The summed E-state index contributed by atoms with van der Waals surface area (Å²) in [6.07, 6.45) is 0.633. The highest BCUT2D eigenvalue weighted by molar-refractivity contribution is 5.99. The molecule has 2 amide bonds.